The van der Waals surface area contributed by atoms with Gasteiger partial charge in [0.1, 0.15) is 0 Å². The first-order valence-electron chi connectivity index (χ1n) is 6.19. The van der Waals surface area contributed by atoms with E-state index in [0.717, 1.165) is 13.0 Å². The average Bonchev–Trinajstić information content (AvgIpc) is 2.24. The van der Waals surface area contributed by atoms with Gasteiger partial charge in [0.05, 0.1) is 12.6 Å². The summed E-state index contributed by atoms with van der Waals surface area (Å²) in [6.45, 7) is 9.32. The molecule has 2 amide bonds. The van der Waals surface area contributed by atoms with E-state index in [4.69, 9.17) is 0 Å². The third-order valence-corrected chi connectivity index (χ3v) is 3.21. The molecule has 0 saturated carbocycles. The highest BCUT2D eigenvalue weighted by molar-refractivity contribution is 5.88. The standard InChI is InChI=1S/C12H23N3O2/c1-5-12(3,4)14-10(16)8-15-7-6-13-9(2)11(15)17/h9,13H,5-8H2,1-4H3,(H,14,16). The van der Waals surface area contributed by atoms with Crippen LogP contribution in [0.1, 0.15) is 34.1 Å². The molecule has 1 unspecified atom stereocenters. The zero-order chi connectivity index (χ0) is 13.1. The molecule has 0 aromatic heterocycles. The van der Waals surface area contributed by atoms with Crippen molar-refractivity contribution in [3.63, 3.8) is 0 Å². The number of hydrogen-bond donors (Lipinski definition) is 2. The number of carbonyl (C=O) groups is 2. The molecule has 0 radical (unpaired) electrons. The summed E-state index contributed by atoms with van der Waals surface area (Å²) in [7, 11) is 0. The van der Waals surface area contributed by atoms with Crippen molar-refractivity contribution >= 4 is 11.8 Å². The monoisotopic (exact) mass is 241 g/mol. The second-order valence-electron chi connectivity index (χ2n) is 5.22. The van der Waals surface area contributed by atoms with Crippen molar-refractivity contribution in [3.8, 4) is 0 Å². The van der Waals surface area contributed by atoms with E-state index in [-0.39, 0.29) is 29.9 Å². The fraction of sp³-hybridized carbons (Fsp3) is 0.833. The van der Waals surface area contributed by atoms with E-state index in [1.54, 1.807) is 4.90 Å². The Kier molecular flexibility index (Phi) is 4.51. The number of piperazine rings is 1. The summed E-state index contributed by atoms with van der Waals surface area (Å²) in [5.41, 5.74) is -0.209. The fourth-order valence-electron chi connectivity index (χ4n) is 1.72. The molecule has 0 aromatic carbocycles. The molecule has 1 aliphatic rings. The van der Waals surface area contributed by atoms with Crippen LogP contribution < -0.4 is 10.6 Å². The SMILES string of the molecule is CCC(C)(C)NC(=O)CN1CCNC(C)C1=O. The van der Waals surface area contributed by atoms with Crippen LogP contribution in [0.4, 0.5) is 0 Å². The van der Waals surface area contributed by atoms with Gasteiger partial charge in [0.25, 0.3) is 0 Å². The normalized spacial score (nSPS) is 21.5. The molecule has 0 spiro atoms. The maximum atomic E-state index is 11.8. The van der Waals surface area contributed by atoms with Gasteiger partial charge in [-0.25, -0.2) is 0 Å². The van der Waals surface area contributed by atoms with Gasteiger partial charge in [0.2, 0.25) is 11.8 Å². The van der Waals surface area contributed by atoms with Crippen LogP contribution in [0, 0.1) is 0 Å². The number of hydrogen-bond acceptors (Lipinski definition) is 3. The van der Waals surface area contributed by atoms with Crippen molar-refractivity contribution in [1.82, 2.24) is 15.5 Å². The van der Waals surface area contributed by atoms with Gasteiger partial charge in [-0.2, -0.15) is 0 Å². The van der Waals surface area contributed by atoms with Crippen molar-refractivity contribution in [3.05, 3.63) is 0 Å². The molecular weight excluding hydrogens is 218 g/mol. The fourth-order valence-corrected chi connectivity index (χ4v) is 1.72. The zero-order valence-corrected chi connectivity index (χ0v) is 11.2. The Labute approximate surface area is 103 Å². The second-order valence-corrected chi connectivity index (χ2v) is 5.22. The van der Waals surface area contributed by atoms with Gasteiger partial charge >= 0.3 is 0 Å². The minimum absolute atomic E-state index is 0.000652. The Morgan fingerprint density at radius 2 is 2.24 bits per heavy atom. The van der Waals surface area contributed by atoms with E-state index in [1.807, 2.05) is 27.7 Å². The van der Waals surface area contributed by atoms with Gasteiger partial charge in [-0.1, -0.05) is 6.92 Å². The van der Waals surface area contributed by atoms with Crippen LogP contribution in [-0.2, 0) is 9.59 Å². The first kappa shape index (κ1) is 14.0. The smallest absolute Gasteiger partial charge is 0.240 e. The van der Waals surface area contributed by atoms with E-state index in [1.165, 1.54) is 0 Å². The Morgan fingerprint density at radius 1 is 1.59 bits per heavy atom. The van der Waals surface area contributed by atoms with Crippen LogP contribution in [0.3, 0.4) is 0 Å². The van der Waals surface area contributed by atoms with Gasteiger partial charge in [0, 0.05) is 18.6 Å². The topological polar surface area (TPSA) is 61.4 Å². The summed E-state index contributed by atoms with van der Waals surface area (Å²) in [6.07, 6.45) is 0.866. The van der Waals surface area contributed by atoms with Crippen LogP contribution in [-0.4, -0.2) is 47.9 Å². The number of nitrogens with zero attached hydrogens (tertiary/aromatic N) is 1. The third kappa shape index (κ3) is 4.00. The molecule has 1 fully saturated rings. The van der Waals surface area contributed by atoms with Gasteiger partial charge in [-0.15, -0.1) is 0 Å². The highest BCUT2D eigenvalue weighted by Gasteiger charge is 2.27. The lowest BCUT2D eigenvalue weighted by molar-refractivity contribution is -0.139. The predicted molar refractivity (Wildman–Crippen MR) is 66.6 cm³/mol. The molecule has 1 heterocycles. The molecule has 2 N–H and O–H groups in total. The Bertz CT molecular complexity index is 302. The molecule has 98 valence electrons. The summed E-state index contributed by atoms with van der Waals surface area (Å²) in [4.78, 5) is 25.2. The lowest BCUT2D eigenvalue weighted by atomic mass is 10.0. The summed E-state index contributed by atoms with van der Waals surface area (Å²) < 4.78 is 0. The van der Waals surface area contributed by atoms with Crippen LogP contribution in [0.2, 0.25) is 0 Å². The van der Waals surface area contributed by atoms with Crippen molar-refractivity contribution < 1.29 is 9.59 Å². The summed E-state index contributed by atoms with van der Waals surface area (Å²) in [5, 5.41) is 6.01. The van der Waals surface area contributed by atoms with E-state index >= 15 is 0 Å². The molecule has 1 atom stereocenters. The number of carbonyl (C=O) groups excluding carboxylic acids is 2. The molecule has 17 heavy (non-hydrogen) atoms. The highest BCUT2D eigenvalue weighted by Crippen LogP contribution is 2.07. The summed E-state index contributed by atoms with van der Waals surface area (Å²) >= 11 is 0. The lowest BCUT2D eigenvalue weighted by Gasteiger charge is -2.32. The first-order valence-corrected chi connectivity index (χ1v) is 6.19. The van der Waals surface area contributed by atoms with Gasteiger partial charge in [-0.3, -0.25) is 9.59 Å². The minimum Gasteiger partial charge on any atom is -0.350 e. The molecule has 0 aromatic rings. The molecular formula is C12H23N3O2. The van der Waals surface area contributed by atoms with Crippen molar-refractivity contribution in [1.29, 1.82) is 0 Å². The molecule has 5 heteroatoms. The number of amides is 2. The Hall–Kier alpha value is -1.10. The van der Waals surface area contributed by atoms with Crippen molar-refractivity contribution in [2.24, 2.45) is 0 Å². The zero-order valence-electron chi connectivity index (χ0n) is 11.2. The average molecular weight is 241 g/mol. The maximum absolute atomic E-state index is 11.8. The maximum Gasteiger partial charge on any atom is 0.240 e. The van der Waals surface area contributed by atoms with E-state index in [0.29, 0.717) is 6.54 Å². The van der Waals surface area contributed by atoms with E-state index in [2.05, 4.69) is 10.6 Å². The number of rotatable bonds is 4. The van der Waals surface area contributed by atoms with E-state index in [9.17, 15) is 9.59 Å². The Morgan fingerprint density at radius 3 is 2.82 bits per heavy atom. The van der Waals surface area contributed by atoms with Crippen LogP contribution in [0.5, 0.6) is 0 Å². The predicted octanol–water partition coefficient (Wildman–Crippen LogP) is 0.112. The second kappa shape index (κ2) is 5.49. The molecule has 1 rings (SSSR count). The third-order valence-electron chi connectivity index (χ3n) is 3.21. The molecule has 0 bridgehead atoms. The molecule has 1 saturated heterocycles. The van der Waals surface area contributed by atoms with Gasteiger partial charge in [0.15, 0.2) is 0 Å². The number of nitrogens with one attached hydrogen (secondary N) is 2. The lowest BCUT2D eigenvalue weighted by Crippen LogP contribution is -2.57. The molecule has 5 nitrogen and oxygen atoms in total. The molecule has 0 aliphatic carbocycles. The largest absolute Gasteiger partial charge is 0.350 e. The summed E-state index contributed by atoms with van der Waals surface area (Å²) in [6, 6.07) is -0.185. The van der Waals surface area contributed by atoms with Crippen molar-refractivity contribution in [2.45, 2.75) is 45.7 Å². The summed E-state index contributed by atoms with van der Waals surface area (Å²) in [5.74, 6) is -0.0833. The van der Waals surface area contributed by atoms with E-state index < -0.39 is 0 Å². The Balaban J connectivity index is 2.48. The van der Waals surface area contributed by atoms with Gasteiger partial charge < -0.3 is 15.5 Å². The van der Waals surface area contributed by atoms with Crippen LogP contribution in [0.15, 0.2) is 0 Å². The van der Waals surface area contributed by atoms with Crippen LogP contribution in [0.25, 0.3) is 0 Å². The highest BCUT2D eigenvalue weighted by atomic mass is 16.2. The molecule has 1 aliphatic heterocycles. The quantitative estimate of drug-likeness (QED) is 0.734. The van der Waals surface area contributed by atoms with Crippen molar-refractivity contribution in [2.75, 3.05) is 19.6 Å². The first-order chi connectivity index (χ1) is 7.85. The minimum atomic E-state index is -0.209. The van der Waals surface area contributed by atoms with Crippen LogP contribution >= 0.6 is 0 Å². The van der Waals surface area contributed by atoms with Gasteiger partial charge in [-0.05, 0) is 27.2 Å².